The number of hydrogen-bond donors (Lipinski definition) is 3. The summed E-state index contributed by atoms with van der Waals surface area (Å²) in [6.45, 7) is 1.32. The minimum Gasteiger partial charge on any atom is -0.484 e. The second kappa shape index (κ2) is 8.89. The van der Waals surface area contributed by atoms with E-state index in [1.54, 1.807) is 24.3 Å². The van der Waals surface area contributed by atoms with Gasteiger partial charge < -0.3 is 15.4 Å². The molecular weight excluding hydrogens is 416 g/mol. The van der Waals surface area contributed by atoms with Crippen molar-refractivity contribution in [2.75, 3.05) is 17.2 Å². The molecule has 1 heterocycles. The maximum atomic E-state index is 12.3. The number of carbonyl (C=O) groups is 2. The van der Waals surface area contributed by atoms with Crippen molar-refractivity contribution in [2.24, 2.45) is 0 Å². The summed E-state index contributed by atoms with van der Waals surface area (Å²) in [6.07, 6.45) is 0. The Hall–Kier alpha value is -3.84. The Morgan fingerprint density at radius 1 is 1.00 bits per heavy atom. The van der Waals surface area contributed by atoms with Gasteiger partial charge in [0, 0.05) is 23.0 Å². The van der Waals surface area contributed by atoms with Crippen LogP contribution >= 0.6 is 11.6 Å². The van der Waals surface area contributed by atoms with E-state index in [4.69, 9.17) is 16.3 Å². The van der Waals surface area contributed by atoms with Crippen LogP contribution in [0.15, 0.2) is 66.7 Å². The monoisotopic (exact) mass is 434 g/mol. The maximum Gasteiger partial charge on any atom is 0.263 e. The molecule has 4 aromatic rings. The average Bonchev–Trinajstić information content (AvgIpc) is 3.15. The summed E-state index contributed by atoms with van der Waals surface area (Å²) in [7, 11) is 0. The summed E-state index contributed by atoms with van der Waals surface area (Å²) in [5.41, 5.74) is 3.40. The molecule has 7 nitrogen and oxygen atoms in total. The number of carbonyl (C=O) groups excluding carboxylic acids is 2. The first-order valence-electron chi connectivity index (χ1n) is 9.52. The highest BCUT2D eigenvalue weighted by Crippen LogP contribution is 2.28. The molecule has 4 rings (SSSR count). The lowest BCUT2D eigenvalue weighted by atomic mass is 10.0. The van der Waals surface area contributed by atoms with Crippen molar-refractivity contribution >= 4 is 45.8 Å². The van der Waals surface area contributed by atoms with Gasteiger partial charge in [-0.15, -0.1) is 0 Å². The normalized spacial score (nSPS) is 10.6. The van der Waals surface area contributed by atoms with E-state index in [0.717, 1.165) is 27.7 Å². The van der Waals surface area contributed by atoms with Crippen LogP contribution in [0.2, 0.25) is 5.02 Å². The summed E-state index contributed by atoms with van der Waals surface area (Å²) in [6, 6.07) is 20.1. The van der Waals surface area contributed by atoms with Gasteiger partial charge in [-0.2, -0.15) is 5.10 Å². The van der Waals surface area contributed by atoms with Crippen LogP contribution in [0.4, 0.5) is 11.5 Å². The number of rotatable bonds is 6. The number of H-pyrrole nitrogens is 1. The predicted molar refractivity (Wildman–Crippen MR) is 121 cm³/mol. The molecule has 3 aromatic carbocycles. The Bertz CT molecular complexity index is 1250. The number of hydrogen-bond acceptors (Lipinski definition) is 4. The fourth-order valence-electron chi connectivity index (χ4n) is 3.12. The van der Waals surface area contributed by atoms with E-state index in [1.165, 1.54) is 6.92 Å². The number of benzene rings is 3. The van der Waals surface area contributed by atoms with Crippen LogP contribution in [0.3, 0.4) is 0 Å². The van der Waals surface area contributed by atoms with Gasteiger partial charge in [-0.05, 0) is 59.7 Å². The van der Waals surface area contributed by atoms with Crippen molar-refractivity contribution < 1.29 is 14.3 Å². The zero-order valence-electron chi connectivity index (χ0n) is 16.6. The number of fused-ring (bicyclic) bond motifs is 1. The third-order valence-electron chi connectivity index (χ3n) is 4.52. The Morgan fingerprint density at radius 2 is 1.77 bits per heavy atom. The molecule has 0 aliphatic rings. The first kappa shape index (κ1) is 20.4. The Kier molecular flexibility index (Phi) is 5.86. The van der Waals surface area contributed by atoms with Gasteiger partial charge in [0.05, 0.1) is 5.52 Å². The smallest absolute Gasteiger partial charge is 0.263 e. The molecular formula is C23H19ClN4O3. The number of anilines is 2. The fraction of sp³-hybridized carbons (Fsp3) is 0.0870. The van der Waals surface area contributed by atoms with E-state index in [9.17, 15) is 9.59 Å². The molecule has 0 aliphatic heterocycles. The van der Waals surface area contributed by atoms with Gasteiger partial charge in [0.15, 0.2) is 12.4 Å². The molecule has 0 atom stereocenters. The molecule has 31 heavy (non-hydrogen) atoms. The molecule has 0 aliphatic carbocycles. The molecule has 8 heteroatoms. The summed E-state index contributed by atoms with van der Waals surface area (Å²) in [4.78, 5) is 23.6. The van der Waals surface area contributed by atoms with E-state index < -0.39 is 0 Å². The fourth-order valence-corrected chi connectivity index (χ4v) is 3.25. The van der Waals surface area contributed by atoms with E-state index in [2.05, 4.69) is 20.8 Å². The number of nitrogens with one attached hydrogen (secondary N) is 3. The minimum atomic E-state index is -0.324. The highest BCUT2D eigenvalue weighted by atomic mass is 35.5. The van der Waals surface area contributed by atoms with Gasteiger partial charge in [-0.3, -0.25) is 14.7 Å². The quantitative estimate of drug-likeness (QED) is 0.403. The third kappa shape index (κ3) is 5.02. The SMILES string of the molecule is CC(=O)Nc1cccc(-c2ccc3c(NC(=O)COc4ccc(Cl)cc4)n[nH]c3c2)c1. The zero-order valence-corrected chi connectivity index (χ0v) is 17.4. The van der Waals surface area contributed by atoms with Gasteiger partial charge in [0.25, 0.3) is 5.91 Å². The number of nitrogens with zero attached hydrogens (tertiary/aromatic N) is 1. The number of aromatic nitrogens is 2. The highest BCUT2D eigenvalue weighted by molar-refractivity contribution is 6.30. The second-order valence-electron chi connectivity index (χ2n) is 6.89. The Morgan fingerprint density at radius 3 is 2.55 bits per heavy atom. The molecule has 3 N–H and O–H groups in total. The number of halogens is 1. The van der Waals surface area contributed by atoms with Gasteiger partial charge in [-0.25, -0.2) is 0 Å². The van der Waals surface area contributed by atoms with Crippen LogP contribution < -0.4 is 15.4 Å². The molecule has 2 amide bonds. The van der Waals surface area contributed by atoms with Crippen LogP contribution in [0.25, 0.3) is 22.0 Å². The van der Waals surface area contributed by atoms with Crippen molar-refractivity contribution in [2.45, 2.75) is 6.92 Å². The highest BCUT2D eigenvalue weighted by Gasteiger charge is 2.11. The number of aromatic amines is 1. The molecule has 156 valence electrons. The zero-order chi connectivity index (χ0) is 21.8. The molecule has 1 aromatic heterocycles. The Balaban J connectivity index is 1.46. The van der Waals surface area contributed by atoms with Crippen LogP contribution in [-0.4, -0.2) is 28.6 Å². The lowest BCUT2D eigenvalue weighted by Gasteiger charge is -2.07. The standard InChI is InChI=1S/C23H19ClN4O3/c1-14(29)25-18-4-2-3-15(11-18)16-5-10-20-21(12-16)27-28-23(20)26-22(30)13-31-19-8-6-17(24)7-9-19/h2-12H,13H2,1H3,(H,25,29)(H2,26,27,28,30). The lowest BCUT2D eigenvalue weighted by Crippen LogP contribution is -2.20. The first-order valence-corrected chi connectivity index (χ1v) is 9.90. The largest absolute Gasteiger partial charge is 0.484 e. The maximum absolute atomic E-state index is 12.3. The van der Waals surface area contributed by atoms with E-state index >= 15 is 0 Å². The van der Waals surface area contributed by atoms with E-state index in [-0.39, 0.29) is 18.4 Å². The van der Waals surface area contributed by atoms with Crippen molar-refractivity contribution in [1.29, 1.82) is 0 Å². The van der Waals surface area contributed by atoms with Crippen LogP contribution in [0, 0.1) is 0 Å². The summed E-state index contributed by atoms with van der Waals surface area (Å²) in [5, 5.41) is 14.1. The molecule has 0 saturated heterocycles. The van der Waals surface area contributed by atoms with Crippen molar-refractivity contribution in [3.8, 4) is 16.9 Å². The topological polar surface area (TPSA) is 96.1 Å². The number of amides is 2. The van der Waals surface area contributed by atoms with Crippen LogP contribution in [0.5, 0.6) is 5.75 Å². The third-order valence-corrected chi connectivity index (χ3v) is 4.77. The van der Waals surface area contributed by atoms with Gasteiger partial charge >= 0.3 is 0 Å². The molecule has 0 unspecified atom stereocenters. The molecule has 0 saturated carbocycles. The first-order chi connectivity index (χ1) is 15.0. The minimum absolute atomic E-state index is 0.124. The Labute approximate surface area is 183 Å². The van der Waals surface area contributed by atoms with Crippen LogP contribution in [0.1, 0.15) is 6.92 Å². The summed E-state index contributed by atoms with van der Waals surface area (Å²) in [5.74, 6) is 0.535. The van der Waals surface area contributed by atoms with E-state index in [1.807, 2.05) is 42.5 Å². The lowest BCUT2D eigenvalue weighted by molar-refractivity contribution is -0.118. The second-order valence-corrected chi connectivity index (χ2v) is 7.32. The van der Waals surface area contributed by atoms with Gasteiger partial charge in [-0.1, -0.05) is 29.8 Å². The average molecular weight is 435 g/mol. The molecule has 0 radical (unpaired) electrons. The van der Waals surface area contributed by atoms with Crippen molar-refractivity contribution in [3.05, 3.63) is 71.8 Å². The van der Waals surface area contributed by atoms with Crippen molar-refractivity contribution in [1.82, 2.24) is 10.2 Å². The van der Waals surface area contributed by atoms with E-state index in [0.29, 0.717) is 16.6 Å². The molecule has 0 spiro atoms. The number of ether oxygens (including phenoxy) is 1. The van der Waals surface area contributed by atoms with Crippen LogP contribution in [-0.2, 0) is 9.59 Å². The van der Waals surface area contributed by atoms with Gasteiger partial charge in [0.2, 0.25) is 5.91 Å². The molecule has 0 bridgehead atoms. The summed E-state index contributed by atoms with van der Waals surface area (Å²) >= 11 is 5.84. The van der Waals surface area contributed by atoms with Crippen molar-refractivity contribution in [3.63, 3.8) is 0 Å². The van der Waals surface area contributed by atoms with Gasteiger partial charge in [0.1, 0.15) is 5.75 Å². The molecule has 0 fully saturated rings. The predicted octanol–water partition coefficient (Wildman–Crippen LogP) is 4.86. The summed E-state index contributed by atoms with van der Waals surface area (Å²) < 4.78 is 5.46.